The van der Waals surface area contributed by atoms with Crippen molar-refractivity contribution in [2.75, 3.05) is 6.26 Å². The van der Waals surface area contributed by atoms with E-state index in [1.54, 1.807) is 24.3 Å². The van der Waals surface area contributed by atoms with Gasteiger partial charge in [0.1, 0.15) is 0 Å². The monoisotopic (exact) mass is 368 g/mol. The van der Waals surface area contributed by atoms with Crippen LogP contribution in [0.3, 0.4) is 0 Å². The number of nitrogens with zero attached hydrogens (tertiary/aromatic N) is 2. The highest BCUT2D eigenvalue weighted by atomic mass is 32.2. The fourth-order valence-corrected chi connectivity index (χ4v) is 4.31. The molecule has 6 heteroatoms. The molecule has 0 saturated carbocycles. The number of fused-ring (bicyclic) bond motifs is 1. The predicted octanol–water partition coefficient (Wildman–Crippen LogP) is 3.78. The SMILES string of the molecule is CC1(c2nc(-c3ccc(S(C)(=O)=O)cc3)no2)CCCc2ccccc21. The summed E-state index contributed by atoms with van der Waals surface area (Å²) < 4.78 is 28.8. The van der Waals surface area contributed by atoms with E-state index in [9.17, 15) is 8.42 Å². The third-order valence-electron chi connectivity index (χ3n) is 5.17. The second-order valence-corrected chi connectivity index (χ2v) is 9.08. The van der Waals surface area contributed by atoms with Crippen molar-refractivity contribution in [3.63, 3.8) is 0 Å². The molecular weight excluding hydrogens is 348 g/mol. The van der Waals surface area contributed by atoms with Gasteiger partial charge in [-0.15, -0.1) is 0 Å². The standard InChI is InChI=1S/C20H20N2O3S/c1-20(13-5-7-14-6-3-4-8-17(14)20)19-21-18(22-25-19)15-9-11-16(12-10-15)26(2,23)24/h3-4,6,8-12H,5,7,13H2,1-2H3. The highest BCUT2D eigenvalue weighted by molar-refractivity contribution is 7.90. The Morgan fingerprint density at radius 3 is 2.54 bits per heavy atom. The summed E-state index contributed by atoms with van der Waals surface area (Å²) in [5, 5.41) is 4.14. The summed E-state index contributed by atoms with van der Waals surface area (Å²) in [6.45, 7) is 2.15. The number of hydrogen-bond acceptors (Lipinski definition) is 5. The molecule has 26 heavy (non-hydrogen) atoms. The fraction of sp³-hybridized carbons (Fsp3) is 0.300. The molecule has 5 nitrogen and oxygen atoms in total. The predicted molar refractivity (Wildman–Crippen MR) is 98.7 cm³/mol. The number of sulfone groups is 1. The van der Waals surface area contributed by atoms with E-state index in [0.29, 0.717) is 11.7 Å². The van der Waals surface area contributed by atoms with Crippen LogP contribution >= 0.6 is 0 Å². The molecule has 0 saturated heterocycles. The summed E-state index contributed by atoms with van der Waals surface area (Å²) in [6, 6.07) is 15.0. The van der Waals surface area contributed by atoms with Crippen molar-refractivity contribution in [2.45, 2.75) is 36.5 Å². The lowest BCUT2D eigenvalue weighted by atomic mass is 9.71. The van der Waals surface area contributed by atoms with Gasteiger partial charge in [0.05, 0.1) is 10.3 Å². The van der Waals surface area contributed by atoms with Crippen LogP contribution in [0.2, 0.25) is 0 Å². The van der Waals surface area contributed by atoms with Gasteiger partial charge in [-0.2, -0.15) is 4.98 Å². The smallest absolute Gasteiger partial charge is 0.237 e. The number of aromatic nitrogens is 2. The van der Waals surface area contributed by atoms with Crippen molar-refractivity contribution < 1.29 is 12.9 Å². The molecule has 0 N–H and O–H groups in total. The highest BCUT2D eigenvalue weighted by Crippen LogP contribution is 2.42. The molecule has 3 aromatic rings. The number of hydrogen-bond donors (Lipinski definition) is 0. The van der Waals surface area contributed by atoms with Gasteiger partial charge in [-0.05, 0) is 61.6 Å². The van der Waals surface area contributed by atoms with Gasteiger partial charge >= 0.3 is 0 Å². The van der Waals surface area contributed by atoms with Crippen LogP contribution in [0.25, 0.3) is 11.4 Å². The third-order valence-corrected chi connectivity index (χ3v) is 6.30. The average molecular weight is 368 g/mol. The molecule has 1 unspecified atom stereocenters. The van der Waals surface area contributed by atoms with E-state index in [1.807, 2.05) is 6.07 Å². The van der Waals surface area contributed by atoms with E-state index in [0.717, 1.165) is 24.8 Å². The maximum atomic E-state index is 11.6. The van der Waals surface area contributed by atoms with Crippen LogP contribution < -0.4 is 0 Å². The number of rotatable bonds is 3. The Labute approximate surface area is 153 Å². The molecule has 0 bridgehead atoms. The summed E-state index contributed by atoms with van der Waals surface area (Å²) in [5.74, 6) is 1.08. The lowest BCUT2D eigenvalue weighted by Gasteiger charge is -2.32. The molecule has 1 aliphatic carbocycles. The van der Waals surface area contributed by atoms with Crippen molar-refractivity contribution in [1.82, 2.24) is 10.1 Å². The molecule has 1 heterocycles. The molecule has 1 atom stereocenters. The minimum Gasteiger partial charge on any atom is -0.338 e. The molecule has 2 aromatic carbocycles. The first-order valence-corrected chi connectivity index (χ1v) is 10.5. The first-order valence-electron chi connectivity index (χ1n) is 8.61. The maximum Gasteiger partial charge on any atom is 0.237 e. The van der Waals surface area contributed by atoms with Crippen LogP contribution in [0.5, 0.6) is 0 Å². The van der Waals surface area contributed by atoms with Gasteiger partial charge in [0, 0.05) is 11.8 Å². The molecule has 0 spiro atoms. The van der Waals surface area contributed by atoms with Crippen molar-refractivity contribution >= 4 is 9.84 Å². The van der Waals surface area contributed by atoms with Crippen molar-refractivity contribution in [1.29, 1.82) is 0 Å². The second-order valence-electron chi connectivity index (χ2n) is 7.06. The van der Waals surface area contributed by atoms with Gasteiger partial charge in [0.2, 0.25) is 11.7 Å². The van der Waals surface area contributed by atoms with Crippen LogP contribution in [-0.2, 0) is 21.7 Å². The van der Waals surface area contributed by atoms with Gasteiger partial charge in [-0.25, -0.2) is 8.42 Å². The molecule has 134 valence electrons. The van der Waals surface area contributed by atoms with Gasteiger partial charge in [0.15, 0.2) is 9.84 Å². The van der Waals surface area contributed by atoms with E-state index >= 15 is 0 Å². The third kappa shape index (κ3) is 2.84. The second kappa shape index (κ2) is 6.06. The van der Waals surface area contributed by atoms with Crippen LogP contribution in [0.4, 0.5) is 0 Å². The van der Waals surface area contributed by atoms with Crippen LogP contribution in [0, 0.1) is 0 Å². The lowest BCUT2D eigenvalue weighted by molar-refractivity contribution is 0.299. The minimum absolute atomic E-state index is 0.276. The van der Waals surface area contributed by atoms with E-state index < -0.39 is 9.84 Å². The van der Waals surface area contributed by atoms with E-state index in [4.69, 9.17) is 4.52 Å². The minimum atomic E-state index is -3.22. The lowest BCUT2D eigenvalue weighted by Crippen LogP contribution is -2.29. The molecule has 0 radical (unpaired) electrons. The average Bonchev–Trinajstić information content (AvgIpc) is 3.12. The van der Waals surface area contributed by atoms with Crippen molar-refractivity contribution in [3.05, 3.63) is 65.5 Å². The molecule has 0 fully saturated rings. The van der Waals surface area contributed by atoms with E-state index in [2.05, 4.69) is 35.3 Å². The first-order chi connectivity index (χ1) is 12.4. The van der Waals surface area contributed by atoms with E-state index in [-0.39, 0.29) is 10.3 Å². The van der Waals surface area contributed by atoms with Crippen LogP contribution in [0.1, 0.15) is 36.8 Å². The molecule has 4 rings (SSSR count). The zero-order chi connectivity index (χ0) is 18.4. The Morgan fingerprint density at radius 2 is 1.81 bits per heavy atom. The van der Waals surface area contributed by atoms with Crippen LogP contribution in [-0.4, -0.2) is 24.8 Å². The molecular formula is C20H20N2O3S. The van der Waals surface area contributed by atoms with Crippen molar-refractivity contribution in [3.8, 4) is 11.4 Å². The van der Waals surface area contributed by atoms with Gasteiger partial charge < -0.3 is 4.52 Å². The van der Waals surface area contributed by atoms with Gasteiger partial charge in [-0.1, -0.05) is 29.4 Å². The Hall–Kier alpha value is -2.47. The van der Waals surface area contributed by atoms with Crippen molar-refractivity contribution in [2.24, 2.45) is 0 Å². The Kier molecular flexibility index (Phi) is 3.95. The number of benzene rings is 2. The summed E-state index contributed by atoms with van der Waals surface area (Å²) >= 11 is 0. The van der Waals surface area contributed by atoms with Gasteiger partial charge in [-0.3, -0.25) is 0 Å². The number of aryl methyl sites for hydroxylation is 1. The summed E-state index contributed by atoms with van der Waals surface area (Å²) in [6.07, 6.45) is 4.29. The largest absolute Gasteiger partial charge is 0.338 e. The topological polar surface area (TPSA) is 73.1 Å². The molecule has 1 aliphatic rings. The quantitative estimate of drug-likeness (QED) is 0.703. The molecule has 1 aromatic heterocycles. The van der Waals surface area contributed by atoms with E-state index in [1.165, 1.54) is 17.4 Å². The Balaban J connectivity index is 1.71. The Bertz CT molecular complexity index is 1050. The zero-order valence-electron chi connectivity index (χ0n) is 14.8. The summed E-state index contributed by atoms with van der Waals surface area (Å²) in [5.41, 5.74) is 3.01. The maximum absolute atomic E-state index is 11.6. The van der Waals surface area contributed by atoms with Crippen LogP contribution in [0.15, 0.2) is 57.9 Å². The highest BCUT2D eigenvalue weighted by Gasteiger charge is 2.38. The Morgan fingerprint density at radius 1 is 1.08 bits per heavy atom. The first kappa shape index (κ1) is 17.0. The fourth-order valence-electron chi connectivity index (χ4n) is 3.68. The normalized spacial score (nSPS) is 19.9. The molecule has 0 aliphatic heterocycles. The summed E-state index contributed by atoms with van der Waals surface area (Å²) in [7, 11) is -3.22. The zero-order valence-corrected chi connectivity index (χ0v) is 15.6. The van der Waals surface area contributed by atoms with Gasteiger partial charge in [0.25, 0.3) is 0 Å². The molecule has 0 amide bonds. The summed E-state index contributed by atoms with van der Waals surface area (Å²) in [4.78, 5) is 4.92.